The van der Waals surface area contributed by atoms with E-state index in [1.165, 1.54) is 12.7 Å². The second kappa shape index (κ2) is 23.8. The first-order chi connectivity index (χ1) is 27.6. The van der Waals surface area contributed by atoms with Crippen LogP contribution in [0.15, 0.2) is 61.2 Å². The van der Waals surface area contributed by atoms with Crippen molar-refractivity contribution >= 4 is 76.6 Å². The van der Waals surface area contributed by atoms with Gasteiger partial charge in [0.2, 0.25) is 5.88 Å². The molecule has 0 bridgehead atoms. The third-order valence-corrected chi connectivity index (χ3v) is 10.3. The molecule has 3 N–H and O–H groups in total. The molecule has 2 aromatic heterocycles. The maximum absolute atomic E-state index is 11.6. The van der Waals surface area contributed by atoms with Crippen molar-refractivity contribution in [2.45, 2.75) is 77.1 Å². The first-order valence-electron chi connectivity index (χ1n) is 18.6. The second-order valence-electron chi connectivity index (χ2n) is 14.1. The van der Waals surface area contributed by atoms with Gasteiger partial charge >= 0.3 is 11.9 Å². The predicted molar refractivity (Wildman–Crippen MR) is 230 cm³/mol. The van der Waals surface area contributed by atoms with Gasteiger partial charge in [0.1, 0.15) is 53.0 Å². The molecular weight excluding hydrogens is 870 g/mol. The lowest BCUT2D eigenvalue weighted by Gasteiger charge is -2.21. The smallest absolute Gasteiger partial charge is 0.313 e. The molecule has 2 aromatic carbocycles. The molecule has 4 aromatic rings. The molecule has 2 aliphatic heterocycles. The number of aromatic nitrogens is 4. The number of ether oxygens (including phenoxy) is 4. The summed E-state index contributed by atoms with van der Waals surface area (Å²) < 4.78 is 22.4. The van der Waals surface area contributed by atoms with E-state index in [-0.39, 0.29) is 64.3 Å². The van der Waals surface area contributed by atoms with Gasteiger partial charge in [-0.25, -0.2) is 19.9 Å². The van der Waals surface area contributed by atoms with Crippen LogP contribution in [0.25, 0.3) is 0 Å². The number of hydrogen-bond acceptors (Lipinski definition) is 13. The predicted octanol–water partition coefficient (Wildman–Crippen LogP) is 8.08. The van der Waals surface area contributed by atoms with E-state index in [1.807, 2.05) is 43.0 Å². The zero-order chi connectivity index (χ0) is 42.4. The number of esters is 1. The Labute approximate surface area is 370 Å². The molecule has 2 unspecified atom stereocenters. The maximum atomic E-state index is 11.6. The van der Waals surface area contributed by atoms with Gasteiger partial charge in [0.05, 0.1) is 30.6 Å². The largest absolute Gasteiger partial charge is 0.489 e. The molecule has 4 heterocycles. The SMILES string of the molecule is CC(C(=O)O)c1ccc(O[C@@H]2CCN(c3ncnc(OCC(C)(C)O)c3Cl)C2)cc1.CCOC(=O)C(C)c1ccc(O[C@@H]2CCNC2)cc1.Cl.Clc1ncnc(Cl)c1Cl. The van der Waals surface area contributed by atoms with Crippen LogP contribution in [-0.2, 0) is 14.3 Å². The molecule has 4 atom stereocenters. The molecule has 0 saturated carbocycles. The molecule has 14 nitrogen and oxygen atoms in total. The summed E-state index contributed by atoms with van der Waals surface area (Å²) in [5, 5.41) is 23.1. The van der Waals surface area contributed by atoms with Crippen LogP contribution in [0.3, 0.4) is 0 Å². The van der Waals surface area contributed by atoms with Crippen molar-refractivity contribution in [2.75, 3.05) is 44.3 Å². The number of nitrogens with zero attached hydrogens (tertiary/aromatic N) is 5. The number of aliphatic hydroxyl groups is 1. The van der Waals surface area contributed by atoms with Crippen LogP contribution in [-0.4, -0.2) is 99.3 Å². The van der Waals surface area contributed by atoms with Gasteiger partial charge in [0.25, 0.3) is 0 Å². The Morgan fingerprint density at radius 3 is 1.92 bits per heavy atom. The van der Waals surface area contributed by atoms with Crippen LogP contribution < -0.4 is 24.4 Å². The van der Waals surface area contributed by atoms with Crippen molar-refractivity contribution in [2.24, 2.45) is 0 Å². The minimum atomic E-state index is -1.00. The van der Waals surface area contributed by atoms with E-state index < -0.39 is 17.5 Å². The van der Waals surface area contributed by atoms with E-state index >= 15 is 0 Å². The molecule has 2 aliphatic rings. The number of anilines is 1. The van der Waals surface area contributed by atoms with Crippen LogP contribution in [0.2, 0.25) is 20.4 Å². The number of carbonyl (C=O) groups excluding carboxylic acids is 1. The van der Waals surface area contributed by atoms with E-state index in [0.29, 0.717) is 36.3 Å². The highest BCUT2D eigenvalue weighted by atomic mass is 35.5. The molecule has 0 spiro atoms. The molecule has 0 radical (unpaired) electrons. The number of aliphatic carboxylic acids is 1. The molecule has 59 heavy (non-hydrogen) atoms. The number of carbonyl (C=O) groups is 2. The van der Waals surface area contributed by atoms with Crippen LogP contribution in [0.4, 0.5) is 5.82 Å². The van der Waals surface area contributed by atoms with Crippen LogP contribution in [0, 0.1) is 0 Å². The molecule has 2 fully saturated rings. The van der Waals surface area contributed by atoms with Crippen molar-refractivity contribution in [1.82, 2.24) is 25.3 Å². The fourth-order valence-corrected chi connectivity index (χ4v) is 6.27. The number of nitrogens with one attached hydrogen (secondary N) is 1. The number of halogens is 5. The minimum absolute atomic E-state index is 0. The van der Waals surface area contributed by atoms with Crippen LogP contribution in [0.5, 0.6) is 17.4 Å². The lowest BCUT2D eigenvalue weighted by atomic mass is 10.0. The zero-order valence-electron chi connectivity index (χ0n) is 33.2. The van der Waals surface area contributed by atoms with Crippen molar-refractivity contribution in [3.8, 4) is 17.4 Å². The Balaban J connectivity index is 0.000000272. The van der Waals surface area contributed by atoms with Gasteiger partial charge in [-0.2, -0.15) is 0 Å². The molecule has 2 saturated heterocycles. The van der Waals surface area contributed by atoms with Gasteiger partial charge < -0.3 is 39.4 Å². The molecule has 0 aliphatic carbocycles. The van der Waals surface area contributed by atoms with E-state index in [1.54, 1.807) is 45.0 Å². The highest BCUT2D eigenvalue weighted by Gasteiger charge is 2.28. The van der Waals surface area contributed by atoms with E-state index in [0.717, 1.165) is 42.8 Å². The minimum Gasteiger partial charge on any atom is -0.489 e. The Morgan fingerprint density at radius 1 is 0.847 bits per heavy atom. The summed E-state index contributed by atoms with van der Waals surface area (Å²) in [5.41, 5.74) is 0.684. The van der Waals surface area contributed by atoms with E-state index in [2.05, 4.69) is 25.3 Å². The Morgan fingerprint density at radius 2 is 1.41 bits per heavy atom. The number of benzene rings is 2. The van der Waals surface area contributed by atoms with Gasteiger partial charge in [-0.15, -0.1) is 12.4 Å². The van der Waals surface area contributed by atoms with E-state index in [4.69, 9.17) is 70.5 Å². The fourth-order valence-electron chi connectivity index (χ4n) is 5.59. The number of carboxylic acids is 1. The lowest BCUT2D eigenvalue weighted by molar-refractivity contribution is -0.144. The Kier molecular flexibility index (Phi) is 19.9. The fraction of sp³-hybridized carbons (Fsp3) is 0.450. The third kappa shape index (κ3) is 15.6. The average Bonchev–Trinajstić information content (AvgIpc) is 3.89. The molecule has 322 valence electrons. The molecular formula is C40H49Cl5N6O8. The Hall–Kier alpha value is -3.89. The van der Waals surface area contributed by atoms with Gasteiger partial charge in [-0.1, -0.05) is 70.7 Å². The molecule has 6 rings (SSSR count). The molecule has 0 amide bonds. The van der Waals surface area contributed by atoms with Gasteiger partial charge in [-0.3, -0.25) is 9.59 Å². The van der Waals surface area contributed by atoms with Gasteiger partial charge in [0.15, 0.2) is 16.1 Å². The van der Waals surface area contributed by atoms with Gasteiger partial charge in [0, 0.05) is 19.5 Å². The summed E-state index contributed by atoms with van der Waals surface area (Å²) >= 11 is 22.8. The van der Waals surface area contributed by atoms with Crippen molar-refractivity contribution in [1.29, 1.82) is 0 Å². The summed E-state index contributed by atoms with van der Waals surface area (Å²) in [4.78, 5) is 40.2. The zero-order valence-corrected chi connectivity index (χ0v) is 37.1. The molecule has 19 heteroatoms. The van der Waals surface area contributed by atoms with Crippen LogP contribution >= 0.6 is 58.8 Å². The summed E-state index contributed by atoms with van der Waals surface area (Å²) in [5.74, 6) is 0.500. The third-order valence-electron chi connectivity index (χ3n) is 8.84. The summed E-state index contributed by atoms with van der Waals surface area (Å²) in [6.45, 7) is 12.3. The number of carboxylic acid groups (broad SMARTS) is 1. The van der Waals surface area contributed by atoms with E-state index in [9.17, 15) is 14.7 Å². The summed E-state index contributed by atoms with van der Waals surface area (Å²) in [7, 11) is 0. The normalized spacial score (nSPS) is 16.9. The average molecular weight is 919 g/mol. The van der Waals surface area contributed by atoms with Crippen molar-refractivity contribution < 1.29 is 38.7 Å². The maximum Gasteiger partial charge on any atom is 0.313 e. The second-order valence-corrected chi connectivity index (χ2v) is 15.5. The summed E-state index contributed by atoms with van der Waals surface area (Å²) in [6, 6.07) is 14.8. The Bertz CT molecular complexity index is 1920. The highest BCUT2D eigenvalue weighted by Crippen LogP contribution is 2.34. The number of hydrogen-bond donors (Lipinski definition) is 3. The quantitative estimate of drug-likeness (QED) is 0.0866. The first-order valence-corrected chi connectivity index (χ1v) is 20.1. The van der Waals surface area contributed by atoms with Crippen LogP contribution in [0.1, 0.15) is 70.4 Å². The van der Waals surface area contributed by atoms with Gasteiger partial charge in [-0.05, 0) is 83.0 Å². The van der Waals surface area contributed by atoms with Crippen molar-refractivity contribution in [3.05, 3.63) is 92.7 Å². The summed E-state index contributed by atoms with van der Waals surface area (Å²) in [6.07, 6.45) is 4.66. The van der Waals surface area contributed by atoms with Crippen molar-refractivity contribution in [3.63, 3.8) is 0 Å². The number of rotatable bonds is 13. The highest BCUT2D eigenvalue weighted by molar-refractivity contribution is 6.46. The topological polar surface area (TPSA) is 178 Å². The monoisotopic (exact) mass is 916 g/mol. The lowest BCUT2D eigenvalue weighted by Crippen LogP contribution is -2.29. The first kappa shape index (κ1) is 49.5. The standard InChI is InChI=1S/C21H26ClN3O5.C15H21NO3.C4HCl3N2.ClH/c1-13(20(26)27)14-4-6-15(7-5-14)30-16-8-9-25(10-16)18-17(22)19(24-12-23-18)29-11-21(2,3)28;1-3-18-15(17)11(2)12-4-6-13(7-5-12)19-14-8-9-16-10-14;5-2-3(6)8-1-9-4(2)7;/h4-7,12-13,16,28H,8-11H2,1-3H3,(H,26,27);4-7,11,14,16H,3,8-10H2,1-2H3;1H;1H/t13?,16-;11?,14-;;/m11../s1.